The van der Waals surface area contributed by atoms with Gasteiger partial charge < -0.3 is 15.1 Å². The molecule has 1 fully saturated rings. The number of carbonyl (C=O) groups excluding carboxylic acids is 1. The molecule has 1 unspecified atom stereocenters. The summed E-state index contributed by atoms with van der Waals surface area (Å²) in [5.41, 5.74) is 2.94. The van der Waals surface area contributed by atoms with Crippen LogP contribution in [0.15, 0.2) is 24.5 Å². The Bertz CT molecular complexity index is 409. The Balaban J connectivity index is 1.88. The van der Waals surface area contributed by atoms with Crippen LogP contribution in [0.5, 0.6) is 0 Å². The maximum atomic E-state index is 12.0. The van der Waals surface area contributed by atoms with Crippen LogP contribution in [0, 0.1) is 0 Å². The fraction of sp³-hybridized carbons (Fsp3) is 0.643. The van der Waals surface area contributed by atoms with Crippen molar-refractivity contribution in [2.45, 2.75) is 45.3 Å². The third-order valence-electron chi connectivity index (χ3n) is 3.01. The van der Waals surface area contributed by atoms with Gasteiger partial charge in [-0.1, -0.05) is 0 Å². The summed E-state index contributed by atoms with van der Waals surface area (Å²) in [5, 5.41) is 0. The van der Waals surface area contributed by atoms with E-state index in [2.05, 4.69) is 5.43 Å². The Morgan fingerprint density at radius 3 is 2.63 bits per heavy atom. The van der Waals surface area contributed by atoms with E-state index in [0.717, 1.165) is 19.4 Å². The largest absolute Gasteiger partial charge is 0.444 e. The number of nitrogens with one attached hydrogen (secondary N) is 1. The predicted octanol–water partition coefficient (Wildman–Crippen LogP) is 2.43. The number of hydrogen-bond acceptors (Lipinski definition) is 3. The molecule has 1 amide bonds. The second-order valence-corrected chi connectivity index (χ2v) is 5.98. The fourth-order valence-corrected chi connectivity index (χ4v) is 2.21. The van der Waals surface area contributed by atoms with Crippen LogP contribution >= 0.6 is 0 Å². The molecule has 2 rings (SSSR count). The molecule has 106 valence electrons. The number of piperidine rings is 1. The lowest BCUT2D eigenvalue weighted by Gasteiger charge is -2.34. The number of ether oxygens (including phenoxy) is 1. The van der Waals surface area contributed by atoms with Gasteiger partial charge in [0.1, 0.15) is 5.60 Å². The number of rotatable bonds is 2. The molecular weight excluding hydrogens is 242 g/mol. The molecule has 1 aliphatic rings. The van der Waals surface area contributed by atoms with Gasteiger partial charge in [-0.3, -0.25) is 4.68 Å². The van der Waals surface area contributed by atoms with Crippen molar-refractivity contribution in [3.05, 3.63) is 24.5 Å². The monoisotopic (exact) mass is 265 g/mol. The Hall–Kier alpha value is -1.65. The van der Waals surface area contributed by atoms with Crippen molar-refractivity contribution >= 4 is 6.09 Å². The summed E-state index contributed by atoms with van der Waals surface area (Å²) in [6, 6.07) is 4.22. The summed E-state index contributed by atoms with van der Waals surface area (Å²) >= 11 is 0. The van der Waals surface area contributed by atoms with Crippen molar-refractivity contribution in [2.75, 3.05) is 18.5 Å². The summed E-state index contributed by atoms with van der Waals surface area (Å²) in [7, 11) is 0. The average Bonchev–Trinajstić information content (AvgIpc) is 2.80. The van der Waals surface area contributed by atoms with Crippen molar-refractivity contribution in [1.29, 1.82) is 0 Å². The zero-order chi connectivity index (χ0) is 13.9. The average molecular weight is 265 g/mol. The lowest BCUT2D eigenvalue weighted by molar-refractivity contribution is 0.0203. The highest BCUT2D eigenvalue weighted by Crippen LogP contribution is 2.15. The molecule has 2 heterocycles. The van der Waals surface area contributed by atoms with Gasteiger partial charge >= 0.3 is 6.09 Å². The van der Waals surface area contributed by atoms with E-state index < -0.39 is 5.60 Å². The van der Waals surface area contributed by atoms with E-state index in [1.165, 1.54) is 0 Å². The Kier molecular flexibility index (Phi) is 4.02. The van der Waals surface area contributed by atoms with Crippen LogP contribution in [0.25, 0.3) is 0 Å². The highest BCUT2D eigenvalue weighted by atomic mass is 16.6. The lowest BCUT2D eigenvalue weighted by atomic mass is 10.1. The van der Waals surface area contributed by atoms with Crippen LogP contribution in [-0.4, -0.2) is 40.4 Å². The van der Waals surface area contributed by atoms with Gasteiger partial charge in [0.2, 0.25) is 0 Å². The van der Waals surface area contributed by atoms with Crippen LogP contribution in [0.2, 0.25) is 0 Å². The molecule has 0 radical (unpaired) electrons. The first kappa shape index (κ1) is 13.8. The fourth-order valence-electron chi connectivity index (χ4n) is 2.21. The smallest absolute Gasteiger partial charge is 0.410 e. The van der Waals surface area contributed by atoms with Crippen molar-refractivity contribution in [3.8, 4) is 0 Å². The van der Waals surface area contributed by atoms with Crippen molar-refractivity contribution in [3.63, 3.8) is 0 Å². The first-order valence-corrected chi connectivity index (χ1v) is 6.81. The van der Waals surface area contributed by atoms with E-state index in [1.807, 2.05) is 50.0 Å². The molecule has 1 atom stereocenters. The summed E-state index contributed by atoms with van der Waals surface area (Å²) in [4.78, 5) is 13.8. The van der Waals surface area contributed by atoms with E-state index in [4.69, 9.17) is 4.74 Å². The molecule has 1 saturated heterocycles. The molecule has 5 heteroatoms. The number of hydrogen-bond donors (Lipinski definition) is 1. The van der Waals surface area contributed by atoms with Crippen molar-refractivity contribution < 1.29 is 9.53 Å². The van der Waals surface area contributed by atoms with Gasteiger partial charge in [-0.2, -0.15) is 0 Å². The van der Waals surface area contributed by atoms with Crippen molar-refractivity contribution in [2.24, 2.45) is 0 Å². The Morgan fingerprint density at radius 1 is 1.32 bits per heavy atom. The van der Waals surface area contributed by atoms with Crippen LogP contribution in [0.4, 0.5) is 4.79 Å². The minimum atomic E-state index is -0.433. The summed E-state index contributed by atoms with van der Waals surface area (Å²) in [6.07, 6.45) is 5.78. The van der Waals surface area contributed by atoms with E-state index in [0.29, 0.717) is 6.54 Å². The van der Waals surface area contributed by atoms with Gasteiger partial charge in [0.15, 0.2) is 0 Å². The number of aromatic nitrogens is 1. The molecule has 0 aromatic carbocycles. The molecule has 1 aromatic heterocycles. The predicted molar refractivity (Wildman–Crippen MR) is 74.6 cm³/mol. The highest BCUT2D eigenvalue weighted by Gasteiger charge is 2.27. The quantitative estimate of drug-likeness (QED) is 0.893. The second-order valence-electron chi connectivity index (χ2n) is 5.98. The summed E-state index contributed by atoms with van der Waals surface area (Å²) in [5.74, 6) is 0. The third-order valence-corrected chi connectivity index (χ3v) is 3.01. The first-order chi connectivity index (χ1) is 8.94. The lowest BCUT2D eigenvalue weighted by Crippen LogP contribution is -2.48. The summed E-state index contributed by atoms with van der Waals surface area (Å²) < 4.78 is 7.35. The maximum Gasteiger partial charge on any atom is 0.410 e. The summed E-state index contributed by atoms with van der Waals surface area (Å²) in [6.45, 7) is 7.14. The number of carbonyl (C=O) groups is 1. The molecule has 0 aliphatic carbocycles. The molecule has 5 nitrogen and oxygen atoms in total. The molecule has 1 aliphatic heterocycles. The molecular formula is C14H23N3O2. The van der Waals surface area contributed by atoms with Crippen LogP contribution < -0.4 is 5.43 Å². The second kappa shape index (κ2) is 5.55. The molecule has 1 aromatic rings. The molecule has 1 N–H and O–H groups in total. The van der Waals surface area contributed by atoms with Crippen LogP contribution in [0.3, 0.4) is 0 Å². The maximum absolute atomic E-state index is 12.0. The van der Waals surface area contributed by atoms with Gasteiger partial charge in [-0.05, 0) is 45.7 Å². The normalized spacial score (nSPS) is 20.2. The standard InChI is InChI=1S/C14H23N3O2/c1-14(2,3)19-13(18)16-8-6-7-12(11-16)15-17-9-4-5-10-17/h4-5,9-10,12,15H,6-8,11H2,1-3H3. The number of nitrogens with zero attached hydrogens (tertiary/aromatic N) is 2. The topological polar surface area (TPSA) is 46.5 Å². The van der Waals surface area contributed by atoms with Gasteiger partial charge in [0, 0.05) is 25.5 Å². The van der Waals surface area contributed by atoms with E-state index in [9.17, 15) is 4.79 Å². The van der Waals surface area contributed by atoms with E-state index in [-0.39, 0.29) is 12.1 Å². The Morgan fingerprint density at radius 2 is 2.00 bits per heavy atom. The molecule has 0 spiro atoms. The molecule has 0 saturated carbocycles. The van der Waals surface area contributed by atoms with Crippen LogP contribution in [-0.2, 0) is 4.74 Å². The first-order valence-electron chi connectivity index (χ1n) is 6.81. The van der Waals surface area contributed by atoms with E-state index >= 15 is 0 Å². The van der Waals surface area contributed by atoms with Gasteiger partial charge in [-0.15, -0.1) is 0 Å². The number of amides is 1. The van der Waals surface area contributed by atoms with Gasteiger partial charge in [0.25, 0.3) is 0 Å². The zero-order valence-electron chi connectivity index (χ0n) is 11.9. The minimum Gasteiger partial charge on any atom is -0.444 e. The van der Waals surface area contributed by atoms with Crippen molar-refractivity contribution in [1.82, 2.24) is 9.58 Å². The highest BCUT2D eigenvalue weighted by molar-refractivity contribution is 5.68. The minimum absolute atomic E-state index is 0.216. The molecule has 0 bridgehead atoms. The third kappa shape index (κ3) is 4.19. The Labute approximate surface area is 114 Å². The van der Waals surface area contributed by atoms with E-state index in [1.54, 1.807) is 4.90 Å². The number of likely N-dealkylation sites (tertiary alicyclic amines) is 1. The molecule has 19 heavy (non-hydrogen) atoms. The van der Waals surface area contributed by atoms with Gasteiger partial charge in [-0.25, -0.2) is 4.79 Å². The SMILES string of the molecule is CC(C)(C)OC(=O)N1CCCC(Nn2cccc2)C1. The van der Waals surface area contributed by atoms with Gasteiger partial charge in [0.05, 0.1) is 6.04 Å². The van der Waals surface area contributed by atoms with Crippen LogP contribution in [0.1, 0.15) is 33.6 Å². The zero-order valence-corrected chi connectivity index (χ0v) is 11.9.